The van der Waals surface area contributed by atoms with Gasteiger partial charge < -0.3 is 19.7 Å². The van der Waals surface area contributed by atoms with E-state index in [2.05, 4.69) is 5.32 Å². The van der Waals surface area contributed by atoms with E-state index in [1.807, 2.05) is 13.8 Å². The Kier molecular flexibility index (Phi) is 11.1. The zero-order valence-electron chi connectivity index (χ0n) is 23.7. The predicted molar refractivity (Wildman–Crippen MR) is 155 cm³/mol. The summed E-state index contributed by atoms with van der Waals surface area (Å²) in [7, 11) is -2.74. The summed E-state index contributed by atoms with van der Waals surface area (Å²) < 4.78 is 53.0. The first-order chi connectivity index (χ1) is 19.6. The molecule has 0 spiro atoms. The van der Waals surface area contributed by atoms with Crippen molar-refractivity contribution in [1.29, 1.82) is 0 Å². The standard InChI is InChI=1S/C30H36FN3O6S/c1-5-19-32-30(36)22(3)33(20-23-7-13-26(39-4)14-8-23)29(35)21-34(25-11-9-24(31)10-12-25)41(37,38)28-17-15-27(16-18-28)40-6-2/h7-18,22H,5-6,19-21H2,1-4H3,(H,32,36)/t22-/m0/s1. The molecule has 0 aliphatic heterocycles. The number of anilines is 1. The van der Waals surface area contributed by atoms with Crippen molar-refractivity contribution >= 4 is 27.5 Å². The lowest BCUT2D eigenvalue weighted by atomic mass is 10.1. The molecule has 0 radical (unpaired) electrons. The molecule has 2 amide bonds. The van der Waals surface area contributed by atoms with Gasteiger partial charge in [0.25, 0.3) is 10.0 Å². The van der Waals surface area contributed by atoms with Crippen LogP contribution in [-0.4, -0.2) is 58.0 Å². The van der Waals surface area contributed by atoms with Gasteiger partial charge >= 0.3 is 0 Å². The van der Waals surface area contributed by atoms with Crippen LogP contribution in [0.1, 0.15) is 32.8 Å². The monoisotopic (exact) mass is 585 g/mol. The fourth-order valence-corrected chi connectivity index (χ4v) is 5.46. The largest absolute Gasteiger partial charge is 0.497 e. The Balaban J connectivity index is 2.00. The van der Waals surface area contributed by atoms with E-state index in [-0.39, 0.29) is 23.0 Å². The molecule has 0 aliphatic carbocycles. The quantitative estimate of drug-likeness (QED) is 0.301. The number of sulfonamides is 1. The number of rotatable bonds is 14. The second-order valence-electron chi connectivity index (χ2n) is 9.23. The molecule has 220 valence electrons. The van der Waals surface area contributed by atoms with Gasteiger partial charge in [-0.25, -0.2) is 12.8 Å². The Morgan fingerprint density at radius 3 is 2.10 bits per heavy atom. The number of nitrogens with one attached hydrogen (secondary N) is 1. The minimum atomic E-state index is -4.28. The van der Waals surface area contributed by atoms with E-state index in [9.17, 15) is 22.4 Å². The second kappa shape index (κ2) is 14.5. The lowest BCUT2D eigenvalue weighted by Crippen LogP contribution is -2.51. The van der Waals surface area contributed by atoms with Crippen molar-refractivity contribution in [2.45, 2.75) is 44.7 Å². The number of carbonyl (C=O) groups excluding carboxylic acids is 2. The molecule has 9 nitrogen and oxygen atoms in total. The molecule has 11 heteroatoms. The highest BCUT2D eigenvalue weighted by molar-refractivity contribution is 7.92. The van der Waals surface area contributed by atoms with Crippen molar-refractivity contribution in [3.05, 3.63) is 84.2 Å². The van der Waals surface area contributed by atoms with Crippen molar-refractivity contribution in [1.82, 2.24) is 10.2 Å². The molecule has 0 unspecified atom stereocenters. The molecule has 0 aliphatic rings. The molecule has 1 N–H and O–H groups in total. The lowest BCUT2D eigenvalue weighted by molar-refractivity contribution is -0.139. The number of nitrogens with zero attached hydrogens (tertiary/aromatic N) is 2. The molecule has 41 heavy (non-hydrogen) atoms. The number of hydrogen-bond acceptors (Lipinski definition) is 6. The van der Waals surface area contributed by atoms with Gasteiger partial charge in [-0.15, -0.1) is 0 Å². The summed E-state index contributed by atoms with van der Waals surface area (Å²) in [6.45, 7) is 5.59. The zero-order chi connectivity index (χ0) is 30.0. The average Bonchev–Trinajstić information content (AvgIpc) is 2.98. The molecule has 3 rings (SSSR count). The lowest BCUT2D eigenvalue weighted by Gasteiger charge is -2.32. The molecule has 3 aromatic carbocycles. The first-order valence-corrected chi connectivity index (χ1v) is 14.8. The van der Waals surface area contributed by atoms with Gasteiger partial charge in [-0.3, -0.25) is 13.9 Å². The summed E-state index contributed by atoms with van der Waals surface area (Å²) in [5, 5.41) is 2.80. The fourth-order valence-electron chi connectivity index (χ4n) is 4.04. The number of amides is 2. The third-order valence-electron chi connectivity index (χ3n) is 6.34. The third-order valence-corrected chi connectivity index (χ3v) is 8.13. The normalized spacial score (nSPS) is 11.8. The van der Waals surface area contributed by atoms with E-state index in [0.29, 0.717) is 31.1 Å². The minimum Gasteiger partial charge on any atom is -0.497 e. The van der Waals surface area contributed by atoms with Crippen LogP contribution in [0.25, 0.3) is 0 Å². The van der Waals surface area contributed by atoms with Crippen LogP contribution in [0.2, 0.25) is 0 Å². The van der Waals surface area contributed by atoms with Gasteiger partial charge in [0.05, 0.1) is 24.3 Å². The maximum absolute atomic E-state index is 13.9. The van der Waals surface area contributed by atoms with E-state index in [4.69, 9.17) is 9.47 Å². The molecule has 1 atom stereocenters. The number of benzene rings is 3. The number of hydrogen-bond donors (Lipinski definition) is 1. The van der Waals surface area contributed by atoms with Crippen LogP contribution in [0.15, 0.2) is 77.7 Å². The van der Waals surface area contributed by atoms with Crippen LogP contribution in [-0.2, 0) is 26.2 Å². The van der Waals surface area contributed by atoms with Gasteiger partial charge in [0.15, 0.2) is 0 Å². The molecular formula is C30H36FN3O6S. The maximum Gasteiger partial charge on any atom is 0.264 e. The number of carbonyl (C=O) groups is 2. The number of methoxy groups -OCH3 is 1. The minimum absolute atomic E-state index is 0.0455. The Labute approximate surface area is 240 Å². The maximum atomic E-state index is 13.9. The van der Waals surface area contributed by atoms with E-state index in [0.717, 1.165) is 22.0 Å². The van der Waals surface area contributed by atoms with E-state index in [1.54, 1.807) is 38.3 Å². The van der Waals surface area contributed by atoms with Crippen molar-refractivity contribution < 1.29 is 31.9 Å². The average molecular weight is 586 g/mol. The van der Waals surface area contributed by atoms with Crippen molar-refractivity contribution in [3.8, 4) is 11.5 Å². The highest BCUT2D eigenvalue weighted by atomic mass is 32.2. The molecule has 3 aromatic rings. The van der Waals surface area contributed by atoms with Crippen LogP contribution in [0, 0.1) is 5.82 Å². The fraction of sp³-hybridized carbons (Fsp3) is 0.333. The zero-order valence-corrected chi connectivity index (χ0v) is 24.5. The van der Waals surface area contributed by atoms with Gasteiger partial charge in [-0.1, -0.05) is 19.1 Å². The summed E-state index contributed by atoms with van der Waals surface area (Å²) >= 11 is 0. The Hall–Kier alpha value is -4.12. The van der Waals surface area contributed by atoms with Crippen LogP contribution in [0.5, 0.6) is 11.5 Å². The van der Waals surface area contributed by atoms with Crippen LogP contribution in [0.4, 0.5) is 10.1 Å². The molecule has 0 fully saturated rings. The topological polar surface area (TPSA) is 105 Å². The summed E-state index contributed by atoms with van der Waals surface area (Å²) in [4.78, 5) is 28.1. The molecular weight excluding hydrogens is 549 g/mol. The highest BCUT2D eigenvalue weighted by Crippen LogP contribution is 2.26. The smallest absolute Gasteiger partial charge is 0.264 e. The first-order valence-electron chi connectivity index (χ1n) is 13.3. The summed E-state index contributed by atoms with van der Waals surface area (Å²) in [6.07, 6.45) is 0.712. The molecule has 0 saturated carbocycles. The molecule has 0 heterocycles. The van der Waals surface area contributed by atoms with Gasteiger partial charge in [-0.2, -0.15) is 0 Å². The Bertz CT molecular complexity index is 1400. The number of ether oxygens (including phenoxy) is 2. The van der Waals surface area contributed by atoms with Gasteiger partial charge in [0.2, 0.25) is 11.8 Å². The van der Waals surface area contributed by atoms with E-state index < -0.39 is 34.3 Å². The third kappa shape index (κ3) is 8.20. The van der Waals surface area contributed by atoms with Gasteiger partial charge in [0.1, 0.15) is 29.9 Å². The SMILES string of the molecule is CCCNC(=O)[C@H](C)N(Cc1ccc(OC)cc1)C(=O)CN(c1ccc(F)cc1)S(=O)(=O)c1ccc(OCC)cc1. The van der Waals surface area contributed by atoms with Gasteiger partial charge in [0, 0.05) is 13.1 Å². The van der Waals surface area contributed by atoms with Crippen LogP contribution >= 0.6 is 0 Å². The van der Waals surface area contributed by atoms with Crippen molar-refractivity contribution in [2.75, 3.05) is 31.1 Å². The Morgan fingerprint density at radius 1 is 0.927 bits per heavy atom. The summed E-state index contributed by atoms with van der Waals surface area (Å²) in [5.74, 6) is -0.409. The molecule has 0 aromatic heterocycles. The molecule has 0 bridgehead atoms. The van der Waals surface area contributed by atoms with Crippen molar-refractivity contribution in [2.24, 2.45) is 0 Å². The highest BCUT2D eigenvalue weighted by Gasteiger charge is 2.32. The Morgan fingerprint density at radius 2 is 1.54 bits per heavy atom. The van der Waals surface area contributed by atoms with Crippen LogP contribution < -0.4 is 19.1 Å². The predicted octanol–water partition coefficient (Wildman–Crippen LogP) is 4.37. The summed E-state index contributed by atoms with van der Waals surface area (Å²) in [6, 6.07) is 16.8. The van der Waals surface area contributed by atoms with Gasteiger partial charge in [-0.05, 0) is 86.5 Å². The van der Waals surface area contributed by atoms with E-state index >= 15 is 0 Å². The van der Waals surface area contributed by atoms with Crippen molar-refractivity contribution in [3.63, 3.8) is 0 Å². The first kappa shape index (κ1) is 31.4. The number of halogens is 1. The summed E-state index contributed by atoms with van der Waals surface area (Å²) in [5.41, 5.74) is 0.818. The van der Waals surface area contributed by atoms with E-state index in [1.165, 1.54) is 41.3 Å². The second-order valence-corrected chi connectivity index (χ2v) is 11.1. The van der Waals surface area contributed by atoms with Crippen LogP contribution in [0.3, 0.4) is 0 Å². The molecule has 0 saturated heterocycles.